The van der Waals surface area contributed by atoms with Crippen LogP contribution in [-0.4, -0.2) is 25.8 Å². The van der Waals surface area contributed by atoms with Crippen LogP contribution in [0.5, 0.6) is 5.75 Å². The molecule has 0 spiro atoms. The third-order valence-corrected chi connectivity index (χ3v) is 3.33. The Balaban J connectivity index is 2.33. The Bertz CT molecular complexity index is 442. The molecule has 0 saturated carbocycles. The van der Waals surface area contributed by atoms with Gasteiger partial charge in [-0.05, 0) is 19.9 Å². The number of carbonyl (C=O) groups excluding carboxylic acids is 1. The fourth-order valence-electron chi connectivity index (χ4n) is 2.37. The van der Waals surface area contributed by atoms with Crippen LogP contribution in [0.15, 0.2) is 24.3 Å². The monoisotopic (exact) mass is 264 g/mol. The number of ether oxygens (including phenoxy) is 3. The molecule has 4 nitrogen and oxygen atoms in total. The maximum atomic E-state index is 10.8. The number of hydrogen-bond acceptors (Lipinski definition) is 4. The third-order valence-electron chi connectivity index (χ3n) is 3.33. The van der Waals surface area contributed by atoms with Gasteiger partial charge in [0.15, 0.2) is 5.79 Å². The summed E-state index contributed by atoms with van der Waals surface area (Å²) in [5.74, 6) is 0.146. The van der Waals surface area contributed by atoms with Crippen LogP contribution in [0.3, 0.4) is 0 Å². The first kappa shape index (κ1) is 14.0. The van der Waals surface area contributed by atoms with Crippen molar-refractivity contribution in [3.05, 3.63) is 29.8 Å². The average Bonchev–Trinajstić information content (AvgIpc) is 2.40. The van der Waals surface area contributed by atoms with E-state index in [1.54, 1.807) is 7.11 Å². The summed E-state index contributed by atoms with van der Waals surface area (Å²) in [6, 6.07) is 7.74. The molecule has 0 N–H and O–H groups in total. The zero-order valence-electron chi connectivity index (χ0n) is 11.6. The molecule has 1 aliphatic heterocycles. The van der Waals surface area contributed by atoms with Crippen molar-refractivity contribution in [2.24, 2.45) is 5.92 Å². The molecule has 1 heterocycles. The average molecular weight is 264 g/mol. The summed E-state index contributed by atoms with van der Waals surface area (Å²) in [4.78, 5) is 10.8. The Morgan fingerprint density at radius 2 is 2.16 bits per heavy atom. The van der Waals surface area contributed by atoms with E-state index in [0.29, 0.717) is 13.0 Å². The maximum Gasteiger partial charge on any atom is 0.163 e. The van der Waals surface area contributed by atoms with E-state index in [2.05, 4.69) is 0 Å². The van der Waals surface area contributed by atoms with Crippen molar-refractivity contribution < 1.29 is 19.0 Å². The van der Waals surface area contributed by atoms with Crippen molar-refractivity contribution in [1.29, 1.82) is 0 Å². The van der Waals surface area contributed by atoms with Crippen molar-refractivity contribution in [2.45, 2.75) is 32.2 Å². The first-order valence-electron chi connectivity index (χ1n) is 6.45. The minimum absolute atomic E-state index is 0.0156. The molecule has 0 bridgehead atoms. The summed E-state index contributed by atoms with van der Waals surface area (Å²) >= 11 is 0. The molecular weight excluding hydrogens is 244 g/mol. The first-order valence-corrected chi connectivity index (χ1v) is 6.45. The van der Waals surface area contributed by atoms with Gasteiger partial charge in [0.05, 0.1) is 19.8 Å². The number of methoxy groups -OCH3 is 1. The van der Waals surface area contributed by atoms with Gasteiger partial charge in [0.25, 0.3) is 0 Å². The number of para-hydroxylation sites is 1. The van der Waals surface area contributed by atoms with Gasteiger partial charge in [0, 0.05) is 17.9 Å². The van der Waals surface area contributed by atoms with E-state index in [4.69, 9.17) is 14.2 Å². The van der Waals surface area contributed by atoms with Crippen molar-refractivity contribution in [3.8, 4) is 5.75 Å². The van der Waals surface area contributed by atoms with Crippen LogP contribution in [0.4, 0.5) is 0 Å². The van der Waals surface area contributed by atoms with Crippen LogP contribution in [-0.2, 0) is 14.3 Å². The van der Waals surface area contributed by atoms with Crippen LogP contribution in [0.1, 0.15) is 31.9 Å². The molecule has 104 valence electrons. The maximum absolute atomic E-state index is 10.8. The molecule has 19 heavy (non-hydrogen) atoms. The highest BCUT2D eigenvalue weighted by atomic mass is 16.7. The highest BCUT2D eigenvalue weighted by Crippen LogP contribution is 2.41. The fraction of sp³-hybridized carbons (Fsp3) is 0.533. The standard InChI is InChI=1S/C15H20O4/c1-15(2)18-10-11(8-9-16)14(19-15)12-6-4-5-7-13(12)17-3/h4-7,9,11,14H,8,10H2,1-3H3/t11-,14+/m0/s1. The molecular formula is C15H20O4. The summed E-state index contributed by atoms with van der Waals surface area (Å²) in [6.07, 6.45) is 1.14. The lowest BCUT2D eigenvalue weighted by Crippen LogP contribution is -2.41. The highest BCUT2D eigenvalue weighted by molar-refractivity contribution is 5.50. The zero-order chi connectivity index (χ0) is 13.9. The lowest BCUT2D eigenvalue weighted by atomic mass is 9.91. The topological polar surface area (TPSA) is 44.8 Å². The Morgan fingerprint density at radius 3 is 2.84 bits per heavy atom. The van der Waals surface area contributed by atoms with Crippen molar-refractivity contribution >= 4 is 6.29 Å². The minimum atomic E-state index is -0.648. The van der Waals surface area contributed by atoms with E-state index in [9.17, 15) is 4.79 Å². The van der Waals surface area contributed by atoms with Crippen molar-refractivity contribution in [1.82, 2.24) is 0 Å². The summed E-state index contributed by atoms with van der Waals surface area (Å²) in [6.45, 7) is 4.27. The van der Waals surface area contributed by atoms with Gasteiger partial charge in [0.1, 0.15) is 12.0 Å². The first-order chi connectivity index (χ1) is 9.07. The molecule has 1 aliphatic rings. The zero-order valence-corrected chi connectivity index (χ0v) is 11.6. The van der Waals surface area contributed by atoms with Crippen LogP contribution in [0.25, 0.3) is 0 Å². The highest BCUT2D eigenvalue weighted by Gasteiger charge is 2.38. The molecule has 1 aromatic carbocycles. The van der Waals surface area contributed by atoms with Crippen LogP contribution in [0.2, 0.25) is 0 Å². The Kier molecular flexibility index (Phi) is 4.22. The van der Waals surface area contributed by atoms with E-state index in [-0.39, 0.29) is 12.0 Å². The molecule has 0 aliphatic carbocycles. The van der Waals surface area contributed by atoms with Gasteiger partial charge in [-0.3, -0.25) is 0 Å². The molecule has 0 radical (unpaired) electrons. The van der Waals surface area contributed by atoms with Gasteiger partial charge in [-0.2, -0.15) is 0 Å². The summed E-state index contributed by atoms with van der Waals surface area (Å²) in [7, 11) is 1.64. The number of rotatable bonds is 4. The van der Waals surface area contributed by atoms with Gasteiger partial charge in [-0.1, -0.05) is 18.2 Å². The van der Waals surface area contributed by atoms with Crippen molar-refractivity contribution in [2.75, 3.05) is 13.7 Å². The lowest BCUT2D eigenvalue weighted by Gasteiger charge is -2.41. The van der Waals surface area contributed by atoms with Crippen LogP contribution in [0, 0.1) is 5.92 Å². The van der Waals surface area contributed by atoms with Crippen molar-refractivity contribution in [3.63, 3.8) is 0 Å². The molecule has 1 fully saturated rings. The van der Waals surface area contributed by atoms with E-state index in [0.717, 1.165) is 17.6 Å². The van der Waals surface area contributed by atoms with Gasteiger partial charge in [0.2, 0.25) is 0 Å². The molecule has 0 unspecified atom stereocenters. The predicted octanol–water partition coefficient (Wildman–Crippen LogP) is 2.72. The molecule has 0 amide bonds. The van der Waals surface area contributed by atoms with E-state index < -0.39 is 5.79 Å². The van der Waals surface area contributed by atoms with Gasteiger partial charge in [-0.15, -0.1) is 0 Å². The minimum Gasteiger partial charge on any atom is -0.496 e. The fourth-order valence-corrected chi connectivity index (χ4v) is 2.37. The number of benzene rings is 1. The largest absolute Gasteiger partial charge is 0.496 e. The molecule has 2 rings (SSSR count). The second kappa shape index (κ2) is 5.72. The van der Waals surface area contributed by atoms with Gasteiger partial charge in [-0.25, -0.2) is 0 Å². The Labute approximate surface area is 113 Å². The summed E-state index contributed by atoms with van der Waals surface area (Å²) < 4.78 is 17.0. The molecule has 2 atom stereocenters. The summed E-state index contributed by atoms with van der Waals surface area (Å²) in [5, 5.41) is 0. The molecule has 4 heteroatoms. The molecule has 1 saturated heterocycles. The van der Waals surface area contributed by atoms with E-state index in [1.165, 1.54) is 0 Å². The number of carbonyl (C=O) groups is 1. The summed E-state index contributed by atoms with van der Waals surface area (Å²) in [5.41, 5.74) is 0.966. The number of aldehydes is 1. The Hall–Kier alpha value is -1.39. The lowest BCUT2D eigenvalue weighted by molar-refractivity contribution is -0.295. The van der Waals surface area contributed by atoms with E-state index >= 15 is 0 Å². The second-order valence-electron chi connectivity index (χ2n) is 5.15. The molecule has 1 aromatic rings. The second-order valence-corrected chi connectivity index (χ2v) is 5.15. The normalized spacial score (nSPS) is 25.8. The smallest absolute Gasteiger partial charge is 0.163 e. The predicted molar refractivity (Wildman–Crippen MR) is 71.0 cm³/mol. The third kappa shape index (κ3) is 3.14. The van der Waals surface area contributed by atoms with Crippen LogP contribution < -0.4 is 4.74 Å². The Morgan fingerprint density at radius 1 is 1.42 bits per heavy atom. The quantitative estimate of drug-likeness (QED) is 0.784. The van der Waals surface area contributed by atoms with Gasteiger partial charge < -0.3 is 19.0 Å². The SMILES string of the molecule is COc1ccccc1[C@@H]1OC(C)(C)OC[C@@H]1CC=O. The molecule has 0 aromatic heterocycles. The van der Waals surface area contributed by atoms with Gasteiger partial charge >= 0.3 is 0 Å². The van der Waals surface area contributed by atoms with E-state index in [1.807, 2.05) is 38.1 Å². The number of hydrogen-bond donors (Lipinski definition) is 0. The van der Waals surface area contributed by atoms with Crippen LogP contribution >= 0.6 is 0 Å².